The Morgan fingerprint density at radius 1 is 1.03 bits per heavy atom. The average Bonchev–Trinajstić information content (AvgIpc) is 3.21. The number of rotatable bonds is 5. The van der Waals surface area contributed by atoms with Gasteiger partial charge in [0.2, 0.25) is 0 Å². The molecule has 2 aromatic carbocycles. The van der Waals surface area contributed by atoms with Crippen LogP contribution in [0, 0.1) is 10.1 Å². The summed E-state index contributed by atoms with van der Waals surface area (Å²) in [6, 6.07) is 11.6. The van der Waals surface area contributed by atoms with E-state index in [-0.39, 0.29) is 5.69 Å². The largest absolute Gasteiger partial charge is 0.497 e. The number of methoxy groups -OCH3 is 1. The van der Waals surface area contributed by atoms with Crippen molar-refractivity contribution in [2.45, 2.75) is 0 Å². The van der Waals surface area contributed by atoms with E-state index in [1.54, 1.807) is 62.3 Å². The fourth-order valence-corrected chi connectivity index (χ4v) is 3.81. The summed E-state index contributed by atoms with van der Waals surface area (Å²) >= 11 is 0. The number of anilines is 1. The fraction of sp³-hybridized carbons (Fsp3) is 0.182. The Hall–Kier alpha value is -4.34. The number of ether oxygens (including phenoxy) is 1. The lowest BCUT2D eigenvalue weighted by molar-refractivity contribution is -0.384. The van der Waals surface area contributed by atoms with Crippen LogP contribution in [-0.4, -0.2) is 32.8 Å². The first-order valence-corrected chi connectivity index (χ1v) is 9.70. The van der Waals surface area contributed by atoms with Crippen LogP contribution in [0.1, 0.15) is 0 Å². The number of hydrogen-bond acceptors (Lipinski definition) is 6. The van der Waals surface area contributed by atoms with Gasteiger partial charge in [0.25, 0.3) is 11.2 Å². The lowest BCUT2D eigenvalue weighted by Gasteiger charge is -2.14. The van der Waals surface area contributed by atoms with Gasteiger partial charge in [0, 0.05) is 39.5 Å². The van der Waals surface area contributed by atoms with Gasteiger partial charge in [-0.15, -0.1) is 0 Å². The predicted molar refractivity (Wildman–Crippen MR) is 122 cm³/mol. The van der Waals surface area contributed by atoms with Gasteiger partial charge in [0.1, 0.15) is 5.75 Å². The van der Waals surface area contributed by atoms with Gasteiger partial charge in [-0.05, 0) is 35.9 Å². The molecule has 0 spiro atoms. The van der Waals surface area contributed by atoms with Crippen molar-refractivity contribution in [3.63, 3.8) is 0 Å². The maximum Gasteiger partial charge on any atom is 0.330 e. The Bertz CT molecular complexity index is 1480. The first-order chi connectivity index (χ1) is 15.3. The molecule has 0 aliphatic carbocycles. The molecular formula is C22H21N5O5. The van der Waals surface area contributed by atoms with E-state index in [9.17, 15) is 19.7 Å². The van der Waals surface area contributed by atoms with Gasteiger partial charge in [0.05, 0.1) is 40.0 Å². The van der Waals surface area contributed by atoms with Crippen molar-refractivity contribution < 1.29 is 9.66 Å². The van der Waals surface area contributed by atoms with Crippen LogP contribution < -0.4 is 21.3 Å². The van der Waals surface area contributed by atoms with Gasteiger partial charge in [-0.3, -0.25) is 24.0 Å². The summed E-state index contributed by atoms with van der Waals surface area (Å²) in [7, 11) is 6.26. The van der Waals surface area contributed by atoms with E-state index in [4.69, 9.17) is 4.74 Å². The number of nitrogens with zero attached hydrogens (tertiary/aromatic N) is 4. The minimum atomic E-state index is -0.478. The number of non-ortho nitro benzene ring substituents is 1. The molecular weight excluding hydrogens is 414 g/mol. The highest BCUT2D eigenvalue weighted by molar-refractivity contribution is 5.95. The van der Waals surface area contributed by atoms with Gasteiger partial charge in [-0.25, -0.2) is 4.79 Å². The molecule has 1 N–H and O–H groups in total. The molecule has 0 aliphatic rings. The average molecular weight is 435 g/mol. The molecule has 32 heavy (non-hydrogen) atoms. The number of benzene rings is 2. The molecule has 0 saturated heterocycles. The number of aryl methyl sites for hydroxylation is 1. The van der Waals surface area contributed by atoms with Crippen LogP contribution in [0.5, 0.6) is 5.75 Å². The molecule has 4 aromatic rings. The zero-order valence-corrected chi connectivity index (χ0v) is 17.9. The van der Waals surface area contributed by atoms with E-state index >= 15 is 0 Å². The fourth-order valence-electron chi connectivity index (χ4n) is 3.81. The van der Waals surface area contributed by atoms with Crippen LogP contribution in [0.2, 0.25) is 0 Å². The standard InChI is InChI=1S/C22H21N5O5/c1-23-16-10-7-14(27(30)31)11-17(16)26-12-18-19(21(28)25(3)22(29)24(18)2)20(26)13-5-8-15(32-4)9-6-13/h5-12,23H,1-4H3. The normalized spacial score (nSPS) is 11.0. The Kier molecular flexibility index (Phi) is 5.05. The van der Waals surface area contributed by atoms with Gasteiger partial charge < -0.3 is 14.6 Å². The SMILES string of the molecule is CNc1ccc([N+](=O)[O-])cc1-n1cc2c(c1-c1ccc(OC)cc1)c(=O)n(C)c(=O)n2C. The maximum absolute atomic E-state index is 13.2. The highest BCUT2D eigenvalue weighted by atomic mass is 16.6. The summed E-state index contributed by atoms with van der Waals surface area (Å²) in [5.74, 6) is 0.641. The summed E-state index contributed by atoms with van der Waals surface area (Å²) < 4.78 is 9.38. The summed E-state index contributed by atoms with van der Waals surface area (Å²) in [6.07, 6.45) is 1.65. The lowest BCUT2D eigenvalue weighted by Crippen LogP contribution is -2.36. The highest BCUT2D eigenvalue weighted by Crippen LogP contribution is 2.35. The van der Waals surface area contributed by atoms with Crippen molar-refractivity contribution in [2.75, 3.05) is 19.5 Å². The van der Waals surface area contributed by atoms with Gasteiger partial charge in [0.15, 0.2) is 0 Å². The lowest BCUT2D eigenvalue weighted by atomic mass is 10.1. The van der Waals surface area contributed by atoms with E-state index in [1.807, 2.05) is 0 Å². The van der Waals surface area contributed by atoms with Gasteiger partial charge >= 0.3 is 5.69 Å². The van der Waals surface area contributed by atoms with Crippen LogP contribution in [-0.2, 0) is 14.1 Å². The minimum Gasteiger partial charge on any atom is -0.497 e. The molecule has 0 unspecified atom stereocenters. The molecule has 0 radical (unpaired) electrons. The highest BCUT2D eigenvalue weighted by Gasteiger charge is 2.22. The Labute approximate surface area is 182 Å². The number of fused-ring (bicyclic) bond motifs is 1. The molecule has 4 rings (SSSR count). The van der Waals surface area contributed by atoms with E-state index in [0.29, 0.717) is 39.3 Å². The summed E-state index contributed by atoms with van der Waals surface area (Å²) in [6.45, 7) is 0. The maximum atomic E-state index is 13.2. The third-order valence-corrected chi connectivity index (χ3v) is 5.52. The van der Waals surface area contributed by atoms with E-state index in [0.717, 1.165) is 4.57 Å². The Morgan fingerprint density at radius 2 is 1.72 bits per heavy atom. The third kappa shape index (κ3) is 3.13. The van der Waals surface area contributed by atoms with Crippen LogP contribution in [0.4, 0.5) is 11.4 Å². The minimum absolute atomic E-state index is 0.0979. The molecule has 2 aromatic heterocycles. The smallest absolute Gasteiger partial charge is 0.330 e. The van der Waals surface area contributed by atoms with E-state index in [1.165, 1.54) is 23.7 Å². The van der Waals surface area contributed by atoms with E-state index in [2.05, 4.69) is 5.32 Å². The monoisotopic (exact) mass is 435 g/mol. The number of hydrogen-bond donors (Lipinski definition) is 1. The number of nitro groups is 1. The molecule has 2 heterocycles. The number of aromatic nitrogens is 3. The quantitative estimate of drug-likeness (QED) is 0.381. The van der Waals surface area contributed by atoms with Gasteiger partial charge in [-0.2, -0.15) is 0 Å². The van der Waals surface area contributed by atoms with Crippen molar-refractivity contribution in [2.24, 2.45) is 14.1 Å². The first kappa shape index (κ1) is 20.9. The topological polar surface area (TPSA) is 113 Å². The van der Waals surface area contributed by atoms with Gasteiger partial charge in [-0.1, -0.05) is 0 Å². The van der Waals surface area contributed by atoms with Crippen molar-refractivity contribution in [3.05, 3.63) is 79.6 Å². The van der Waals surface area contributed by atoms with Crippen LogP contribution >= 0.6 is 0 Å². The molecule has 0 bridgehead atoms. The third-order valence-electron chi connectivity index (χ3n) is 5.52. The second kappa shape index (κ2) is 7.73. The van der Waals surface area contributed by atoms with Crippen LogP contribution in [0.15, 0.2) is 58.3 Å². The molecule has 10 nitrogen and oxygen atoms in total. The molecule has 0 aliphatic heterocycles. The number of nitro benzene ring substituents is 1. The second-order valence-electron chi connectivity index (χ2n) is 7.25. The van der Waals surface area contributed by atoms with Crippen LogP contribution in [0.25, 0.3) is 27.8 Å². The Balaban J connectivity index is 2.19. The first-order valence-electron chi connectivity index (χ1n) is 9.70. The summed E-state index contributed by atoms with van der Waals surface area (Å²) in [5.41, 5.74) is 1.68. The summed E-state index contributed by atoms with van der Waals surface area (Å²) in [4.78, 5) is 36.7. The predicted octanol–water partition coefficient (Wildman–Crippen LogP) is 2.65. The van der Waals surface area contributed by atoms with E-state index < -0.39 is 16.2 Å². The van der Waals surface area contributed by atoms with Crippen molar-refractivity contribution in [1.82, 2.24) is 13.7 Å². The van der Waals surface area contributed by atoms with Crippen molar-refractivity contribution >= 4 is 22.3 Å². The van der Waals surface area contributed by atoms with Crippen molar-refractivity contribution in [3.8, 4) is 22.7 Å². The molecule has 0 amide bonds. The molecule has 10 heteroatoms. The molecule has 0 saturated carbocycles. The molecule has 0 atom stereocenters. The molecule has 164 valence electrons. The number of nitrogens with one attached hydrogen (secondary N) is 1. The molecule has 0 fully saturated rings. The van der Waals surface area contributed by atoms with Crippen LogP contribution in [0.3, 0.4) is 0 Å². The second-order valence-corrected chi connectivity index (χ2v) is 7.25. The zero-order chi connectivity index (χ0) is 23.2. The van der Waals surface area contributed by atoms with Crippen molar-refractivity contribution in [1.29, 1.82) is 0 Å². The summed E-state index contributed by atoms with van der Waals surface area (Å²) in [5, 5.41) is 14.8. The Morgan fingerprint density at radius 3 is 2.31 bits per heavy atom. The zero-order valence-electron chi connectivity index (χ0n) is 17.9.